The summed E-state index contributed by atoms with van der Waals surface area (Å²) in [7, 11) is 2.11. The third kappa shape index (κ3) is 2.14. The van der Waals surface area contributed by atoms with Crippen LogP contribution in [0.3, 0.4) is 0 Å². The number of hydrogen-bond acceptors (Lipinski definition) is 1. The van der Waals surface area contributed by atoms with E-state index in [1.807, 2.05) is 0 Å². The van der Waals surface area contributed by atoms with Crippen molar-refractivity contribution in [3.05, 3.63) is 90.6 Å². The molecule has 0 spiro atoms. The average Bonchev–Trinajstić information content (AvgIpc) is 3.17. The summed E-state index contributed by atoms with van der Waals surface area (Å²) >= 11 is 0. The maximum atomic E-state index is 6.61. The van der Waals surface area contributed by atoms with E-state index in [0.717, 1.165) is 16.6 Å². The first-order valence-electron chi connectivity index (χ1n) is 10.7. The van der Waals surface area contributed by atoms with Crippen molar-refractivity contribution in [2.75, 3.05) is 0 Å². The summed E-state index contributed by atoms with van der Waals surface area (Å²) in [6.07, 6.45) is 2.11. The molecule has 0 atom stereocenters. The Morgan fingerprint density at radius 3 is 2.39 bits per heavy atom. The van der Waals surface area contributed by atoms with Crippen molar-refractivity contribution in [2.24, 2.45) is 7.05 Å². The Morgan fingerprint density at radius 2 is 1.45 bits per heavy atom. The van der Waals surface area contributed by atoms with Gasteiger partial charge in [-0.2, -0.15) is 0 Å². The molecule has 2 aromatic heterocycles. The first-order chi connectivity index (χ1) is 15.2. The molecular formula is C29H20NO+. The molecule has 0 amide bonds. The van der Waals surface area contributed by atoms with Gasteiger partial charge in [0.05, 0.1) is 10.8 Å². The van der Waals surface area contributed by atoms with Crippen molar-refractivity contribution in [2.45, 2.75) is 6.92 Å². The van der Waals surface area contributed by atoms with Gasteiger partial charge in [-0.3, -0.25) is 0 Å². The van der Waals surface area contributed by atoms with E-state index in [2.05, 4.69) is 104 Å². The van der Waals surface area contributed by atoms with Gasteiger partial charge in [-0.25, -0.2) is 4.57 Å². The zero-order chi connectivity index (χ0) is 20.7. The Labute approximate surface area is 178 Å². The van der Waals surface area contributed by atoms with Crippen LogP contribution in [0.4, 0.5) is 0 Å². The lowest BCUT2D eigenvalue weighted by Crippen LogP contribution is -2.28. The molecule has 5 aromatic carbocycles. The number of nitrogens with zero attached hydrogens (tertiary/aromatic N) is 1. The van der Waals surface area contributed by atoms with Gasteiger partial charge in [-0.1, -0.05) is 54.6 Å². The summed E-state index contributed by atoms with van der Waals surface area (Å²) in [5, 5.41) is 11.1. The fraction of sp³-hybridized carbons (Fsp3) is 0.0690. The molecule has 7 rings (SSSR count). The lowest BCUT2D eigenvalue weighted by molar-refractivity contribution is -0.644. The zero-order valence-corrected chi connectivity index (χ0v) is 17.4. The van der Waals surface area contributed by atoms with E-state index in [0.29, 0.717) is 0 Å². The van der Waals surface area contributed by atoms with Gasteiger partial charge >= 0.3 is 0 Å². The number of fused-ring (bicyclic) bond motifs is 11. The number of aryl methyl sites for hydroxylation is 2. The maximum absolute atomic E-state index is 6.61. The molecule has 0 saturated heterocycles. The van der Waals surface area contributed by atoms with E-state index in [9.17, 15) is 0 Å². The molecule has 146 valence electrons. The molecule has 0 unspecified atom stereocenters. The Kier molecular flexibility index (Phi) is 3.17. The second kappa shape index (κ2) is 5.83. The van der Waals surface area contributed by atoms with Gasteiger partial charge in [-0.05, 0) is 52.2 Å². The van der Waals surface area contributed by atoms with E-state index in [1.165, 1.54) is 54.2 Å². The number of pyridine rings is 1. The molecule has 31 heavy (non-hydrogen) atoms. The van der Waals surface area contributed by atoms with E-state index < -0.39 is 0 Å². The van der Waals surface area contributed by atoms with Crippen molar-refractivity contribution < 1.29 is 8.98 Å². The largest absolute Gasteiger partial charge is 0.455 e. The summed E-state index contributed by atoms with van der Waals surface area (Å²) in [6.45, 7) is 2.20. The highest BCUT2D eigenvalue weighted by Crippen LogP contribution is 2.42. The summed E-state index contributed by atoms with van der Waals surface area (Å²) in [5.74, 6) is 0. The molecule has 2 nitrogen and oxygen atoms in total. The average molecular weight is 398 g/mol. The van der Waals surface area contributed by atoms with Crippen LogP contribution < -0.4 is 4.57 Å². The Bertz CT molecular complexity index is 1860. The topological polar surface area (TPSA) is 17.0 Å². The highest BCUT2D eigenvalue weighted by atomic mass is 16.3. The molecular weight excluding hydrogens is 378 g/mol. The van der Waals surface area contributed by atoms with Gasteiger partial charge in [0.1, 0.15) is 18.2 Å². The fourth-order valence-corrected chi connectivity index (χ4v) is 5.35. The summed E-state index contributed by atoms with van der Waals surface area (Å²) in [4.78, 5) is 0. The molecule has 0 fully saturated rings. The quantitative estimate of drug-likeness (QED) is 0.193. The molecule has 0 aliphatic rings. The number of hydrogen-bond donors (Lipinski definition) is 0. The third-order valence-electron chi connectivity index (χ3n) is 6.76. The molecule has 7 aromatic rings. The van der Waals surface area contributed by atoms with Crippen LogP contribution in [0.1, 0.15) is 5.56 Å². The Morgan fingerprint density at radius 1 is 0.645 bits per heavy atom. The predicted octanol–water partition coefficient (Wildman–Crippen LogP) is 7.33. The molecule has 0 aliphatic carbocycles. The van der Waals surface area contributed by atoms with Gasteiger partial charge in [0.15, 0.2) is 6.20 Å². The van der Waals surface area contributed by atoms with Crippen molar-refractivity contribution in [3.63, 3.8) is 0 Å². The van der Waals surface area contributed by atoms with Gasteiger partial charge in [0.2, 0.25) is 5.52 Å². The van der Waals surface area contributed by atoms with E-state index in [1.54, 1.807) is 0 Å². The molecule has 2 heteroatoms. The Balaban J connectivity index is 1.79. The first kappa shape index (κ1) is 16.8. The summed E-state index contributed by atoms with van der Waals surface area (Å²) < 4.78 is 8.82. The van der Waals surface area contributed by atoms with Crippen LogP contribution in [0.15, 0.2) is 89.5 Å². The Hall–Kier alpha value is -3.91. The summed E-state index contributed by atoms with van der Waals surface area (Å²) in [5.41, 5.74) is 4.42. The van der Waals surface area contributed by atoms with Crippen molar-refractivity contribution >= 4 is 65.2 Å². The van der Waals surface area contributed by atoms with E-state index >= 15 is 0 Å². The number of benzene rings is 5. The molecule has 0 radical (unpaired) electrons. The van der Waals surface area contributed by atoms with Gasteiger partial charge in [-0.15, -0.1) is 0 Å². The van der Waals surface area contributed by atoms with E-state index in [-0.39, 0.29) is 0 Å². The first-order valence-corrected chi connectivity index (χ1v) is 10.7. The highest BCUT2D eigenvalue weighted by Gasteiger charge is 2.21. The minimum Gasteiger partial charge on any atom is -0.455 e. The van der Waals surface area contributed by atoms with Gasteiger partial charge in [0, 0.05) is 22.2 Å². The second-order valence-corrected chi connectivity index (χ2v) is 8.54. The van der Waals surface area contributed by atoms with Crippen LogP contribution in [0.5, 0.6) is 0 Å². The SMILES string of the molecule is Cc1cccc2c1c1c(ccc[n+]1C)c1oc3cc4c(ccc5ccccc54)cc3c21. The highest BCUT2D eigenvalue weighted by molar-refractivity contribution is 6.30. The fourth-order valence-electron chi connectivity index (χ4n) is 5.35. The molecule has 0 saturated carbocycles. The van der Waals surface area contributed by atoms with Crippen molar-refractivity contribution in [1.82, 2.24) is 0 Å². The van der Waals surface area contributed by atoms with Crippen molar-refractivity contribution in [1.29, 1.82) is 0 Å². The van der Waals surface area contributed by atoms with E-state index in [4.69, 9.17) is 4.42 Å². The zero-order valence-electron chi connectivity index (χ0n) is 17.4. The molecule has 0 bridgehead atoms. The number of rotatable bonds is 0. The smallest absolute Gasteiger partial charge is 0.224 e. The predicted molar refractivity (Wildman–Crippen MR) is 130 cm³/mol. The summed E-state index contributed by atoms with van der Waals surface area (Å²) in [6, 6.07) is 28.4. The monoisotopic (exact) mass is 398 g/mol. The molecule has 0 N–H and O–H groups in total. The van der Waals surface area contributed by atoms with Crippen LogP contribution >= 0.6 is 0 Å². The number of aromatic nitrogens is 1. The lowest BCUT2D eigenvalue weighted by Gasteiger charge is -2.07. The normalized spacial score (nSPS) is 12.2. The third-order valence-corrected chi connectivity index (χ3v) is 6.76. The van der Waals surface area contributed by atoms with Crippen LogP contribution in [0, 0.1) is 6.92 Å². The van der Waals surface area contributed by atoms with Crippen molar-refractivity contribution in [3.8, 4) is 0 Å². The number of furan rings is 1. The van der Waals surface area contributed by atoms with Crippen LogP contribution in [-0.4, -0.2) is 0 Å². The van der Waals surface area contributed by atoms with Crippen LogP contribution in [0.25, 0.3) is 65.2 Å². The molecule has 0 aliphatic heterocycles. The minimum atomic E-state index is 0.945. The standard InChI is InChI=1S/C29H20NO/c1-17-7-5-10-21-26(17)28-22(11-6-14-30(28)2)29-27(21)24-15-19-13-12-18-8-3-4-9-20(18)23(19)16-25(24)31-29/h3-16H,1-2H3/q+1. The minimum absolute atomic E-state index is 0.945. The van der Waals surface area contributed by atoms with Crippen LogP contribution in [-0.2, 0) is 7.05 Å². The second-order valence-electron chi connectivity index (χ2n) is 8.54. The maximum Gasteiger partial charge on any atom is 0.224 e. The van der Waals surface area contributed by atoms with Gasteiger partial charge in [0.25, 0.3) is 0 Å². The lowest BCUT2D eigenvalue weighted by atomic mass is 9.95. The molecule has 2 heterocycles. The van der Waals surface area contributed by atoms with Gasteiger partial charge < -0.3 is 4.42 Å². The van der Waals surface area contributed by atoms with Crippen LogP contribution in [0.2, 0.25) is 0 Å².